The van der Waals surface area contributed by atoms with Crippen molar-refractivity contribution in [3.8, 4) is 17.2 Å². The number of rotatable bonds is 8. The highest BCUT2D eigenvalue weighted by Gasteiger charge is 2.47. The summed E-state index contributed by atoms with van der Waals surface area (Å²) >= 11 is 1.42. The second-order valence-corrected chi connectivity index (χ2v) is 10.4. The van der Waals surface area contributed by atoms with Crippen molar-refractivity contribution in [3.63, 3.8) is 0 Å². The number of benzene rings is 3. The maximum Gasteiger partial charge on any atom is 0.300 e. The zero-order chi connectivity index (χ0) is 27.5. The van der Waals surface area contributed by atoms with Gasteiger partial charge in [0.15, 0.2) is 0 Å². The number of carbonyl (C=O) groups excluding carboxylic acids is 2. The molecule has 1 unspecified atom stereocenters. The van der Waals surface area contributed by atoms with Crippen LogP contribution in [0.15, 0.2) is 89.8 Å². The van der Waals surface area contributed by atoms with Gasteiger partial charge in [-0.15, -0.1) is 11.3 Å². The molecule has 1 saturated heterocycles. The molecule has 0 bridgehead atoms. The molecule has 0 radical (unpaired) electrons. The second-order valence-electron chi connectivity index (χ2n) is 9.43. The van der Waals surface area contributed by atoms with Crippen LogP contribution in [0, 0.1) is 13.8 Å². The maximum atomic E-state index is 13.4. The average Bonchev–Trinajstić information content (AvgIpc) is 3.55. The van der Waals surface area contributed by atoms with E-state index in [0.29, 0.717) is 29.4 Å². The van der Waals surface area contributed by atoms with Crippen LogP contribution >= 0.6 is 11.3 Å². The fraction of sp³-hybridized carbons (Fsp3) is 0.188. The molecule has 4 aromatic rings. The summed E-state index contributed by atoms with van der Waals surface area (Å²) in [4.78, 5) is 29.0. The lowest BCUT2D eigenvalue weighted by Crippen LogP contribution is -2.29. The summed E-state index contributed by atoms with van der Waals surface area (Å²) in [6, 6.07) is 23.0. The predicted octanol–water partition coefficient (Wildman–Crippen LogP) is 7.57. The minimum absolute atomic E-state index is 0.0594. The van der Waals surface area contributed by atoms with E-state index in [1.165, 1.54) is 16.2 Å². The van der Waals surface area contributed by atoms with E-state index in [-0.39, 0.29) is 11.3 Å². The molecule has 5 rings (SSSR count). The van der Waals surface area contributed by atoms with Gasteiger partial charge in [0.05, 0.1) is 12.2 Å². The molecule has 1 aliphatic heterocycles. The van der Waals surface area contributed by atoms with Crippen LogP contribution in [-0.4, -0.2) is 23.4 Å². The van der Waals surface area contributed by atoms with Gasteiger partial charge in [0, 0.05) is 16.1 Å². The van der Waals surface area contributed by atoms with Gasteiger partial charge in [-0.05, 0) is 97.4 Å². The van der Waals surface area contributed by atoms with Gasteiger partial charge in [0.2, 0.25) is 0 Å². The van der Waals surface area contributed by atoms with Gasteiger partial charge < -0.3 is 14.6 Å². The second kappa shape index (κ2) is 11.2. The fourth-order valence-corrected chi connectivity index (χ4v) is 5.45. The summed E-state index contributed by atoms with van der Waals surface area (Å²) in [6.07, 6.45) is 0.879. The van der Waals surface area contributed by atoms with E-state index in [0.717, 1.165) is 28.2 Å². The highest BCUT2D eigenvalue weighted by Crippen LogP contribution is 2.44. The minimum Gasteiger partial charge on any atom is -0.507 e. The number of anilines is 1. The molecule has 0 saturated carbocycles. The van der Waals surface area contributed by atoms with E-state index in [1.54, 1.807) is 42.5 Å². The summed E-state index contributed by atoms with van der Waals surface area (Å²) in [5.74, 6) is 0.407. The minimum atomic E-state index is -0.759. The highest BCUT2D eigenvalue weighted by molar-refractivity contribution is 7.10. The predicted molar refractivity (Wildman–Crippen MR) is 154 cm³/mol. The van der Waals surface area contributed by atoms with Crippen molar-refractivity contribution in [3.05, 3.63) is 111 Å². The number of nitrogens with zero attached hydrogens (tertiary/aromatic N) is 1. The monoisotopic (exact) mass is 539 g/mol. The zero-order valence-corrected chi connectivity index (χ0v) is 22.8. The Kier molecular flexibility index (Phi) is 7.52. The van der Waals surface area contributed by atoms with E-state index in [2.05, 4.69) is 0 Å². The van der Waals surface area contributed by atoms with Crippen LogP contribution in [0.4, 0.5) is 5.69 Å². The van der Waals surface area contributed by atoms with Gasteiger partial charge in [-0.1, -0.05) is 25.1 Å². The Bertz CT molecular complexity index is 1540. The van der Waals surface area contributed by atoms with Crippen LogP contribution in [0.3, 0.4) is 0 Å². The molecular formula is C32H29NO5S. The van der Waals surface area contributed by atoms with Gasteiger partial charge in [-0.2, -0.15) is 0 Å². The van der Waals surface area contributed by atoms with Crippen LogP contribution in [-0.2, 0) is 9.59 Å². The molecule has 1 N–H and O–H groups in total. The van der Waals surface area contributed by atoms with Gasteiger partial charge in [0.25, 0.3) is 11.7 Å². The lowest BCUT2D eigenvalue weighted by atomic mass is 9.98. The molecule has 7 heteroatoms. The largest absolute Gasteiger partial charge is 0.507 e. The van der Waals surface area contributed by atoms with Crippen molar-refractivity contribution >= 4 is 34.5 Å². The van der Waals surface area contributed by atoms with E-state index in [9.17, 15) is 14.7 Å². The third kappa shape index (κ3) is 5.31. The standard InChI is InChI=1S/C32H29NO5S/c1-4-16-37-26-15-10-22(19-21(26)3)30(34)28-29(27-9-6-17-39-27)33(32(36)31(28)35)23-11-13-24(14-12-23)38-25-8-5-7-20(2)18-25/h5-15,17-19,29,34H,4,16H2,1-3H3/b30-28-. The number of aliphatic hydroxyl groups is 1. The topological polar surface area (TPSA) is 76.1 Å². The van der Waals surface area contributed by atoms with E-state index in [1.807, 2.05) is 62.5 Å². The van der Waals surface area contributed by atoms with Crippen molar-refractivity contribution in [1.82, 2.24) is 0 Å². The third-order valence-electron chi connectivity index (χ3n) is 6.51. The average molecular weight is 540 g/mol. The summed E-state index contributed by atoms with van der Waals surface area (Å²) in [5, 5.41) is 13.3. The molecular weight excluding hydrogens is 510 g/mol. The van der Waals surface area contributed by atoms with E-state index in [4.69, 9.17) is 9.47 Å². The smallest absolute Gasteiger partial charge is 0.300 e. The number of Topliss-reactive ketones (excluding diaryl/α,β-unsaturated/α-hetero) is 1. The lowest BCUT2D eigenvalue weighted by molar-refractivity contribution is -0.132. The Morgan fingerprint density at radius 3 is 2.41 bits per heavy atom. The van der Waals surface area contributed by atoms with Crippen LogP contribution in [0.25, 0.3) is 5.76 Å². The number of hydrogen-bond donors (Lipinski definition) is 1. The quantitative estimate of drug-likeness (QED) is 0.142. The number of ether oxygens (including phenoxy) is 2. The number of thiophene rings is 1. The van der Waals surface area contributed by atoms with Crippen molar-refractivity contribution in [1.29, 1.82) is 0 Å². The normalized spacial score (nSPS) is 16.5. The summed E-state index contributed by atoms with van der Waals surface area (Å²) < 4.78 is 11.7. The Morgan fingerprint density at radius 2 is 1.74 bits per heavy atom. The first-order valence-corrected chi connectivity index (χ1v) is 13.7. The maximum absolute atomic E-state index is 13.4. The number of ketones is 1. The number of amides is 1. The number of hydrogen-bond acceptors (Lipinski definition) is 6. The van der Waals surface area contributed by atoms with Crippen molar-refractivity contribution in [2.75, 3.05) is 11.5 Å². The molecule has 1 fully saturated rings. The van der Waals surface area contributed by atoms with Crippen molar-refractivity contribution < 1.29 is 24.2 Å². The van der Waals surface area contributed by atoms with Gasteiger partial charge >= 0.3 is 0 Å². The summed E-state index contributed by atoms with van der Waals surface area (Å²) in [6.45, 7) is 6.50. The Morgan fingerprint density at radius 1 is 0.949 bits per heavy atom. The molecule has 0 aliphatic carbocycles. The molecule has 1 amide bonds. The van der Waals surface area contributed by atoms with Crippen LogP contribution in [0.2, 0.25) is 0 Å². The van der Waals surface area contributed by atoms with Gasteiger partial charge in [0.1, 0.15) is 29.0 Å². The molecule has 1 aliphatic rings. The highest BCUT2D eigenvalue weighted by atomic mass is 32.1. The van der Waals surface area contributed by atoms with Crippen LogP contribution in [0.1, 0.15) is 41.0 Å². The molecule has 0 spiro atoms. The fourth-order valence-electron chi connectivity index (χ4n) is 4.63. The lowest BCUT2D eigenvalue weighted by Gasteiger charge is -2.24. The molecule has 2 heterocycles. The number of aliphatic hydroxyl groups excluding tert-OH is 1. The zero-order valence-electron chi connectivity index (χ0n) is 22.0. The first-order valence-electron chi connectivity index (χ1n) is 12.8. The molecule has 3 aromatic carbocycles. The Labute approximate surface area is 231 Å². The first kappa shape index (κ1) is 26.3. The van der Waals surface area contributed by atoms with E-state index < -0.39 is 17.7 Å². The number of aryl methyl sites for hydroxylation is 2. The molecule has 198 valence electrons. The third-order valence-corrected chi connectivity index (χ3v) is 7.43. The Balaban J connectivity index is 1.51. The van der Waals surface area contributed by atoms with Gasteiger partial charge in [-0.25, -0.2) is 0 Å². The van der Waals surface area contributed by atoms with E-state index >= 15 is 0 Å². The molecule has 1 atom stereocenters. The summed E-state index contributed by atoms with van der Waals surface area (Å²) in [5.41, 5.74) is 2.97. The van der Waals surface area contributed by atoms with Crippen LogP contribution in [0.5, 0.6) is 17.2 Å². The molecule has 39 heavy (non-hydrogen) atoms. The molecule has 1 aromatic heterocycles. The van der Waals surface area contributed by atoms with Gasteiger partial charge in [-0.3, -0.25) is 14.5 Å². The van der Waals surface area contributed by atoms with Crippen LogP contribution < -0.4 is 14.4 Å². The van der Waals surface area contributed by atoms with Crippen molar-refractivity contribution in [2.45, 2.75) is 33.2 Å². The summed E-state index contributed by atoms with van der Waals surface area (Å²) in [7, 11) is 0. The van der Waals surface area contributed by atoms with Crippen molar-refractivity contribution in [2.24, 2.45) is 0 Å². The first-order chi connectivity index (χ1) is 18.9. The Hall–Kier alpha value is -4.36. The number of carbonyl (C=O) groups is 2. The molecule has 6 nitrogen and oxygen atoms in total. The SMILES string of the molecule is CCCOc1ccc(/C(O)=C2/C(=O)C(=O)N(c3ccc(Oc4cccc(C)c4)cc3)C2c2cccs2)cc1C.